The standard InChI is InChI=1S/C27H27NO6/c1-2-3-4-5-6-7-20-8-16-24(17-9-20)33-27(30)22-12-18-25(19-13-22)34-26(29)21-10-14-23(15-11-21)28(31)32/h8-19H,2-7H2,1H3. The number of hydrogen-bond acceptors (Lipinski definition) is 6. The molecule has 34 heavy (non-hydrogen) atoms. The van der Waals surface area contributed by atoms with Crippen LogP contribution in [0.1, 0.15) is 65.3 Å². The molecule has 3 aromatic carbocycles. The second kappa shape index (κ2) is 12.3. The first-order valence-electron chi connectivity index (χ1n) is 11.3. The van der Waals surface area contributed by atoms with Crippen molar-refractivity contribution in [2.24, 2.45) is 0 Å². The molecule has 0 N–H and O–H groups in total. The highest BCUT2D eigenvalue weighted by Crippen LogP contribution is 2.19. The molecule has 3 rings (SSSR count). The maximum absolute atomic E-state index is 12.4. The lowest BCUT2D eigenvalue weighted by Crippen LogP contribution is -2.10. The van der Waals surface area contributed by atoms with Crippen LogP contribution in [0.25, 0.3) is 0 Å². The third-order valence-electron chi connectivity index (χ3n) is 5.32. The topological polar surface area (TPSA) is 95.7 Å². The number of benzene rings is 3. The molecule has 0 unspecified atom stereocenters. The number of non-ortho nitro benzene ring substituents is 1. The average molecular weight is 462 g/mol. The molecule has 0 fully saturated rings. The van der Waals surface area contributed by atoms with Crippen LogP contribution in [0.4, 0.5) is 5.69 Å². The van der Waals surface area contributed by atoms with Gasteiger partial charge in [-0.25, -0.2) is 9.59 Å². The van der Waals surface area contributed by atoms with Crippen LogP contribution in [-0.4, -0.2) is 16.9 Å². The van der Waals surface area contributed by atoms with E-state index in [0.717, 1.165) is 12.8 Å². The minimum Gasteiger partial charge on any atom is -0.423 e. The summed E-state index contributed by atoms with van der Waals surface area (Å²) in [5, 5.41) is 10.7. The molecular formula is C27H27NO6. The molecule has 0 radical (unpaired) electrons. The van der Waals surface area contributed by atoms with E-state index in [1.165, 1.54) is 79.8 Å². The second-order valence-electron chi connectivity index (χ2n) is 7.92. The van der Waals surface area contributed by atoms with Crippen molar-refractivity contribution in [3.63, 3.8) is 0 Å². The molecule has 0 aliphatic heterocycles. The van der Waals surface area contributed by atoms with Gasteiger partial charge in [0.05, 0.1) is 16.1 Å². The SMILES string of the molecule is CCCCCCCc1ccc(OC(=O)c2ccc(OC(=O)c3ccc([N+](=O)[O-])cc3)cc2)cc1. The number of rotatable bonds is 11. The smallest absolute Gasteiger partial charge is 0.343 e. The number of aryl methyl sites for hydroxylation is 1. The monoisotopic (exact) mass is 461 g/mol. The first-order chi connectivity index (χ1) is 16.5. The minimum absolute atomic E-state index is 0.114. The zero-order valence-corrected chi connectivity index (χ0v) is 19.1. The molecule has 0 saturated heterocycles. The number of nitro groups is 1. The number of carbonyl (C=O) groups is 2. The summed E-state index contributed by atoms with van der Waals surface area (Å²) in [6, 6.07) is 18.6. The van der Waals surface area contributed by atoms with Gasteiger partial charge in [-0.3, -0.25) is 10.1 Å². The molecule has 0 spiro atoms. The number of hydrogen-bond donors (Lipinski definition) is 0. The van der Waals surface area contributed by atoms with E-state index in [9.17, 15) is 19.7 Å². The van der Waals surface area contributed by atoms with E-state index >= 15 is 0 Å². The summed E-state index contributed by atoms with van der Waals surface area (Å²) >= 11 is 0. The van der Waals surface area contributed by atoms with Gasteiger partial charge >= 0.3 is 11.9 Å². The van der Waals surface area contributed by atoms with Gasteiger partial charge in [0, 0.05) is 12.1 Å². The maximum atomic E-state index is 12.4. The van der Waals surface area contributed by atoms with Gasteiger partial charge in [-0.2, -0.15) is 0 Å². The highest BCUT2D eigenvalue weighted by molar-refractivity contribution is 5.92. The Morgan fingerprint density at radius 2 is 1.18 bits per heavy atom. The third-order valence-corrected chi connectivity index (χ3v) is 5.32. The van der Waals surface area contributed by atoms with Crippen LogP contribution >= 0.6 is 0 Å². The first-order valence-corrected chi connectivity index (χ1v) is 11.3. The van der Waals surface area contributed by atoms with Gasteiger partial charge in [-0.15, -0.1) is 0 Å². The molecule has 0 bridgehead atoms. The summed E-state index contributed by atoms with van der Waals surface area (Å²) in [6.45, 7) is 2.20. The van der Waals surface area contributed by atoms with Crippen LogP contribution in [0.15, 0.2) is 72.8 Å². The highest BCUT2D eigenvalue weighted by atomic mass is 16.6. The van der Waals surface area contributed by atoms with E-state index in [1.54, 1.807) is 12.1 Å². The summed E-state index contributed by atoms with van der Waals surface area (Å²) in [7, 11) is 0. The fourth-order valence-electron chi connectivity index (χ4n) is 3.37. The molecule has 0 amide bonds. The number of unbranched alkanes of at least 4 members (excludes halogenated alkanes) is 4. The van der Waals surface area contributed by atoms with Crippen molar-refractivity contribution in [2.45, 2.75) is 45.4 Å². The molecule has 0 heterocycles. The second-order valence-corrected chi connectivity index (χ2v) is 7.92. The van der Waals surface area contributed by atoms with Crippen molar-refractivity contribution in [2.75, 3.05) is 0 Å². The molecule has 0 saturated carbocycles. The predicted octanol–water partition coefficient (Wildman–Crippen LogP) is 6.55. The third kappa shape index (κ3) is 7.27. The molecule has 0 atom stereocenters. The average Bonchev–Trinajstić information content (AvgIpc) is 2.85. The van der Waals surface area contributed by atoms with E-state index in [0.29, 0.717) is 11.3 Å². The summed E-state index contributed by atoms with van der Waals surface area (Å²) < 4.78 is 10.7. The Kier molecular flexibility index (Phi) is 8.91. The summed E-state index contributed by atoms with van der Waals surface area (Å²) in [6.07, 6.45) is 7.16. The Morgan fingerprint density at radius 3 is 1.68 bits per heavy atom. The zero-order chi connectivity index (χ0) is 24.3. The van der Waals surface area contributed by atoms with Gasteiger partial charge in [0.25, 0.3) is 5.69 Å². The Morgan fingerprint density at radius 1 is 0.706 bits per heavy atom. The fraction of sp³-hybridized carbons (Fsp3) is 0.259. The predicted molar refractivity (Wildman–Crippen MR) is 128 cm³/mol. The van der Waals surface area contributed by atoms with Crippen LogP contribution in [0.2, 0.25) is 0 Å². The Balaban J connectivity index is 1.50. The largest absolute Gasteiger partial charge is 0.423 e. The lowest BCUT2D eigenvalue weighted by Gasteiger charge is -2.07. The number of ether oxygens (including phenoxy) is 2. The van der Waals surface area contributed by atoms with E-state index in [1.807, 2.05) is 12.1 Å². The van der Waals surface area contributed by atoms with Gasteiger partial charge in [0.15, 0.2) is 0 Å². The number of nitrogens with zero attached hydrogens (tertiary/aromatic N) is 1. The summed E-state index contributed by atoms with van der Waals surface area (Å²) in [5.41, 5.74) is 1.60. The van der Waals surface area contributed by atoms with Crippen molar-refractivity contribution < 1.29 is 24.0 Å². The van der Waals surface area contributed by atoms with Gasteiger partial charge < -0.3 is 9.47 Å². The molecule has 0 aromatic heterocycles. The van der Waals surface area contributed by atoms with E-state index in [-0.39, 0.29) is 17.0 Å². The number of esters is 2. The fourth-order valence-corrected chi connectivity index (χ4v) is 3.37. The van der Waals surface area contributed by atoms with Crippen molar-refractivity contribution in [3.05, 3.63) is 99.6 Å². The van der Waals surface area contributed by atoms with Crippen LogP contribution < -0.4 is 9.47 Å². The first kappa shape index (κ1) is 24.6. The van der Waals surface area contributed by atoms with Crippen molar-refractivity contribution >= 4 is 17.6 Å². The van der Waals surface area contributed by atoms with E-state index < -0.39 is 16.9 Å². The normalized spacial score (nSPS) is 10.5. The summed E-state index contributed by atoms with van der Waals surface area (Å²) in [4.78, 5) is 34.8. The highest BCUT2D eigenvalue weighted by Gasteiger charge is 2.13. The van der Waals surface area contributed by atoms with Gasteiger partial charge in [0.1, 0.15) is 11.5 Å². The van der Waals surface area contributed by atoms with Crippen LogP contribution in [0.5, 0.6) is 11.5 Å². The lowest BCUT2D eigenvalue weighted by molar-refractivity contribution is -0.384. The Labute approximate surface area is 198 Å². The van der Waals surface area contributed by atoms with E-state index in [2.05, 4.69) is 6.92 Å². The van der Waals surface area contributed by atoms with Gasteiger partial charge in [-0.05, 0) is 66.9 Å². The molecule has 0 aliphatic carbocycles. The maximum Gasteiger partial charge on any atom is 0.343 e. The van der Waals surface area contributed by atoms with Gasteiger partial charge in [0.2, 0.25) is 0 Å². The number of carbonyl (C=O) groups excluding carboxylic acids is 2. The zero-order valence-electron chi connectivity index (χ0n) is 19.1. The van der Waals surface area contributed by atoms with Crippen LogP contribution in [0, 0.1) is 10.1 Å². The van der Waals surface area contributed by atoms with Crippen molar-refractivity contribution in [3.8, 4) is 11.5 Å². The minimum atomic E-state index is -0.657. The molecule has 0 aliphatic rings. The Bertz CT molecular complexity index is 1110. The van der Waals surface area contributed by atoms with Crippen molar-refractivity contribution in [1.82, 2.24) is 0 Å². The van der Waals surface area contributed by atoms with Gasteiger partial charge in [-0.1, -0.05) is 44.7 Å². The quantitative estimate of drug-likeness (QED) is 0.106. The van der Waals surface area contributed by atoms with Crippen LogP contribution in [0.3, 0.4) is 0 Å². The number of nitro benzene ring substituents is 1. The molecule has 7 nitrogen and oxygen atoms in total. The lowest BCUT2D eigenvalue weighted by atomic mass is 10.1. The Hall–Kier alpha value is -4.00. The van der Waals surface area contributed by atoms with Crippen LogP contribution in [-0.2, 0) is 6.42 Å². The van der Waals surface area contributed by atoms with E-state index in [4.69, 9.17) is 9.47 Å². The molecular weight excluding hydrogens is 434 g/mol. The molecule has 7 heteroatoms. The molecule has 176 valence electrons. The van der Waals surface area contributed by atoms with Crippen molar-refractivity contribution in [1.29, 1.82) is 0 Å². The molecule has 3 aromatic rings. The summed E-state index contributed by atoms with van der Waals surface area (Å²) in [5.74, 6) is -0.465.